The zero-order chi connectivity index (χ0) is 15.4. The van der Waals surface area contributed by atoms with E-state index in [4.69, 9.17) is 0 Å². The molecular formula is C16H18BrN3O. The van der Waals surface area contributed by atoms with Crippen molar-refractivity contribution in [3.8, 4) is 0 Å². The van der Waals surface area contributed by atoms with E-state index in [9.17, 15) is 4.79 Å². The smallest absolute Gasteiger partial charge is 0.255 e. The third-order valence-corrected chi connectivity index (χ3v) is 3.79. The van der Waals surface area contributed by atoms with Crippen LogP contribution in [0.2, 0.25) is 0 Å². The van der Waals surface area contributed by atoms with Crippen LogP contribution in [0.4, 0.5) is 11.5 Å². The molecule has 0 saturated carbocycles. The van der Waals surface area contributed by atoms with Crippen molar-refractivity contribution in [2.24, 2.45) is 0 Å². The second-order valence-electron chi connectivity index (χ2n) is 4.77. The number of rotatable bonds is 4. The molecule has 1 aromatic heterocycles. The van der Waals surface area contributed by atoms with E-state index in [1.807, 2.05) is 38.1 Å². The van der Waals surface area contributed by atoms with Gasteiger partial charge < -0.3 is 10.6 Å². The molecule has 21 heavy (non-hydrogen) atoms. The van der Waals surface area contributed by atoms with Crippen LogP contribution in [-0.2, 0) is 6.42 Å². The van der Waals surface area contributed by atoms with Crippen LogP contribution in [0.25, 0.3) is 0 Å². The van der Waals surface area contributed by atoms with Crippen molar-refractivity contribution in [1.29, 1.82) is 0 Å². The van der Waals surface area contributed by atoms with Gasteiger partial charge >= 0.3 is 0 Å². The minimum atomic E-state index is -0.145. The third-order valence-electron chi connectivity index (χ3n) is 3.13. The van der Waals surface area contributed by atoms with Gasteiger partial charge in [0.2, 0.25) is 0 Å². The number of hydrogen-bond acceptors (Lipinski definition) is 3. The summed E-state index contributed by atoms with van der Waals surface area (Å²) in [5, 5.41) is 5.89. The first-order valence-corrected chi connectivity index (χ1v) is 7.59. The number of carbonyl (C=O) groups is 1. The SMILES string of the molecule is CCc1cc(C(=O)Nc2ccc(C)cc2Br)cc(NC)n1. The maximum atomic E-state index is 12.4. The van der Waals surface area contributed by atoms with Crippen molar-refractivity contribution in [3.05, 3.63) is 51.6 Å². The van der Waals surface area contributed by atoms with Crippen molar-refractivity contribution in [1.82, 2.24) is 4.98 Å². The molecule has 2 N–H and O–H groups in total. The Morgan fingerprint density at radius 3 is 2.67 bits per heavy atom. The molecular weight excluding hydrogens is 330 g/mol. The fourth-order valence-electron chi connectivity index (χ4n) is 1.94. The topological polar surface area (TPSA) is 54.0 Å². The van der Waals surface area contributed by atoms with E-state index in [-0.39, 0.29) is 5.91 Å². The summed E-state index contributed by atoms with van der Waals surface area (Å²) in [5.74, 6) is 0.552. The van der Waals surface area contributed by atoms with Gasteiger partial charge in [-0.3, -0.25) is 4.79 Å². The van der Waals surface area contributed by atoms with Crippen LogP contribution in [-0.4, -0.2) is 17.9 Å². The maximum Gasteiger partial charge on any atom is 0.255 e. The Balaban J connectivity index is 2.27. The van der Waals surface area contributed by atoms with Crippen molar-refractivity contribution >= 4 is 33.3 Å². The number of amides is 1. The fraction of sp³-hybridized carbons (Fsp3) is 0.250. The molecule has 1 aromatic carbocycles. The molecule has 2 rings (SSSR count). The Morgan fingerprint density at radius 2 is 2.05 bits per heavy atom. The Labute approximate surface area is 133 Å². The molecule has 0 bridgehead atoms. The minimum absolute atomic E-state index is 0.145. The average molecular weight is 348 g/mol. The molecule has 1 amide bonds. The number of nitrogens with one attached hydrogen (secondary N) is 2. The van der Waals surface area contributed by atoms with E-state index in [0.717, 1.165) is 27.8 Å². The molecule has 110 valence electrons. The first-order valence-electron chi connectivity index (χ1n) is 6.79. The highest BCUT2D eigenvalue weighted by Crippen LogP contribution is 2.24. The number of benzene rings is 1. The molecule has 5 heteroatoms. The fourth-order valence-corrected chi connectivity index (χ4v) is 2.54. The molecule has 0 aliphatic carbocycles. The summed E-state index contributed by atoms with van der Waals surface area (Å²) in [6, 6.07) is 9.38. The number of aromatic nitrogens is 1. The van der Waals surface area contributed by atoms with Gasteiger partial charge in [0.15, 0.2) is 0 Å². The number of nitrogens with zero attached hydrogens (tertiary/aromatic N) is 1. The van der Waals surface area contributed by atoms with Crippen molar-refractivity contribution in [2.45, 2.75) is 20.3 Å². The molecule has 0 aliphatic rings. The van der Waals surface area contributed by atoms with Crippen LogP contribution >= 0.6 is 15.9 Å². The van der Waals surface area contributed by atoms with Gasteiger partial charge in [-0.2, -0.15) is 0 Å². The highest BCUT2D eigenvalue weighted by molar-refractivity contribution is 9.10. The Bertz CT molecular complexity index is 648. The Kier molecular flexibility index (Phi) is 4.96. The molecule has 0 fully saturated rings. The van der Waals surface area contributed by atoms with E-state index < -0.39 is 0 Å². The Morgan fingerprint density at radius 1 is 1.29 bits per heavy atom. The van der Waals surface area contributed by atoms with Gasteiger partial charge in [-0.05, 0) is 59.1 Å². The first-order chi connectivity index (χ1) is 10.0. The molecule has 0 saturated heterocycles. The van der Waals surface area contributed by atoms with Crippen LogP contribution in [0, 0.1) is 6.92 Å². The summed E-state index contributed by atoms with van der Waals surface area (Å²) in [6.45, 7) is 4.02. The van der Waals surface area contributed by atoms with Gasteiger partial charge in [-0.25, -0.2) is 4.98 Å². The summed E-state index contributed by atoms with van der Waals surface area (Å²) >= 11 is 3.47. The van der Waals surface area contributed by atoms with Crippen LogP contribution < -0.4 is 10.6 Å². The number of carbonyl (C=O) groups excluding carboxylic acids is 1. The van der Waals surface area contributed by atoms with Crippen LogP contribution in [0.3, 0.4) is 0 Å². The summed E-state index contributed by atoms with van der Waals surface area (Å²) in [4.78, 5) is 16.8. The second kappa shape index (κ2) is 6.72. The monoisotopic (exact) mass is 347 g/mol. The number of pyridine rings is 1. The van der Waals surface area contributed by atoms with Gasteiger partial charge in [0.25, 0.3) is 5.91 Å². The number of halogens is 1. The van der Waals surface area contributed by atoms with Crippen molar-refractivity contribution in [3.63, 3.8) is 0 Å². The highest BCUT2D eigenvalue weighted by Gasteiger charge is 2.11. The van der Waals surface area contributed by atoms with E-state index in [2.05, 4.69) is 31.5 Å². The molecule has 0 radical (unpaired) electrons. The maximum absolute atomic E-state index is 12.4. The average Bonchev–Trinajstić information content (AvgIpc) is 2.49. The lowest BCUT2D eigenvalue weighted by Crippen LogP contribution is -2.14. The zero-order valence-corrected chi connectivity index (χ0v) is 13.9. The van der Waals surface area contributed by atoms with E-state index in [1.165, 1.54) is 0 Å². The zero-order valence-electron chi connectivity index (χ0n) is 12.3. The first kappa shape index (κ1) is 15.5. The molecule has 0 unspecified atom stereocenters. The lowest BCUT2D eigenvalue weighted by atomic mass is 10.1. The highest BCUT2D eigenvalue weighted by atomic mass is 79.9. The van der Waals surface area contributed by atoms with Gasteiger partial charge in [0.05, 0.1) is 5.69 Å². The summed E-state index contributed by atoms with van der Waals surface area (Å²) in [7, 11) is 1.79. The lowest BCUT2D eigenvalue weighted by Gasteiger charge is -2.10. The van der Waals surface area contributed by atoms with Crippen LogP contribution in [0.5, 0.6) is 0 Å². The second-order valence-corrected chi connectivity index (χ2v) is 5.63. The lowest BCUT2D eigenvalue weighted by molar-refractivity contribution is 0.102. The van der Waals surface area contributed by atoms with Crippen LogP contribution in [0.15, 0.2) is 34.8 Å². The van der Waals surface area contributed by atoms with Gasteiger partial charge in [-0.1, -0.05) is 13.0 Å². The largest absolute Gasteiger partial charge is 0.373 e. The summed E-state index contributed by atoms with van der Waals surface area (Å²) < 4.78 is 0.870. The minimum Gasteiger partial charge on any atom is -0.373 e. The molecule has 2 aromatic rings. The van der Waals surface area contributed by atoms with E-state index in [1.54, 1.807) is 13.1 Å². The third kappa shape index (κ3) is 3.82. The molecule has 1 heterocycles. The molecule has 0 spiro atoms. The normalized spacial score (nSPS) is 10.3. The quantitative estimate of drug-likeness (QED) is 0.878. The molecule has 4 nitrogen and oxygen atoms in total. The van der Waals surface area contributed by atoms with Crippen molar-refractivity contribution in [2.75, 3.05) is 17.7 Å². The van der Waals surface area contributed by atoms with E-state index in [0.29, 0.717) is 11.4 Å². The van der Waals surface area contributed by atoms with Crippen molar-refractivity contribution < 1.29 is 4.79 Å². The molecule has 0 aliphatic heterocycles. The summed E-state index contributed by atoms with van der Waals surface area (Å²) in [5.41, 5.74) is 3.37. The number of hydrogen-bond donors (Lipinski definition) is 2. The van der Waals surface area contributed by atoms with E-state index >= 15 is 0 Å². The predicted octanol–water partition coefficient (Wildman–Crippen LogP) is 4.01. The Hall–Kier alpha value is -1.88. The number of anilines is 2. The number of aryl methyl sites for hydroxylation is 2. The van der Waals surface area contributed by atoms with Gasteiger partial charge in [0, 0.05) is 22.8 Å². The van der Waals surface area contributed by atoms with Crippen LogP contribution in [0.1, 0.15) is 28.5 Å². The summed E-state index contributed by atoms with van der Waals surface area (Å²) in [6.07, 6.45) is 0.782. The van der Waals surface area contributed by atoms with Gasteiger partial charge in [0.1, 0.15) is 5.82 Å². The standard InChI is InChI=1S/C16H18BrN3O/c1-4-12-8-11(9-15(18-3)19-12)16(21)20-14-6-5-10(2)7-13(14)17/h5-9H,4H2,1-3H3,(H,18,19)(H,20,21). The predicted molar refractivity (Wildman–Crippen MR) is 90.0 cm³/mol. The molecule has 0 atom stereocenters. The van der Waals surface area contributed by atoms with Gasteiger partial charge in [-0.15, -0.1) is 0 Å².